The molecular weight excluding hydrogens is 352 g/mol. The number of ether oxygens (including phenoxy) is 2. The maximum Gasteiger partial charge on any atom is 0.191 e. The van der Waals surface area contributed by atoms with E-state index in [4.69, 9.17) is 9.47 Å². The van der Waals surface area contributed by atoms with Crippen molar-refractivity contribution in [3.63, 3.8) is 0 Å². The molecule has 0 saturated carbocycles. The topological polar surface area (TPSA) is 58.1 Å². The van der Waals surface area contributed by atoms with E-state index in [1.165, 1.54) is 11.1 Å². The van der Waals surface area contributed by atoms with Gasteiger partial charge in [-0.3, -0.25) is 9.89 Å². The van der Waals surface area contributed by atoms with Crippen LogP contribution in [0.4, 0.5) is 0 Å². The molecule has 2 heterocycles. The van der Waals surface area contributed by atoms with Crippen LogP contribution in [0.1, 0.15) is 36.8 Å². The van der Waals surface area contributed by atoms with E-state index in [1.54, 1.807) is 0 Å². The van der Waals surface area contributed by atoms with Gasteiger partial charge in [-0.15, -0.1) is 0 Å². The van der Waals surface area contributed by atoms with Gasteiger partial charge in [-0.25, -0.2) is 0 Å². The van der Waals surface area contributed by atoms with Crippen molar-refractivity contribution in [2.24, 2.45) is 4.99 Å². The minimum absolute atomic E-state index is 0.294. The second kappa shape index (κ2) is 11.4. The van der Waals surface area contributed by atoms with Crippen LogP contribution in [-0.2, 0) is 16.0 Å². The van der Waals surface area contributed by atoms with Gasteiger partial charge in [-0.1, -0.05) is 24.3 Å². The average Bonchev–Trinajstić information content (AvgIpc) is 3.23. The van der Waals surface area contributed by atoms with Crippen molar-refractivity contribution in [2.75, 3.05) is 46.5 Å². The Hall–Kier alpha value is -1.63. The summed E-state index contributed by atoms with van der Waals surface area (Å²) >= 11 is 0. The molecule has 156 valence electrons. The van der Waals surface area contributed by atoms with E-state index in [1.807, 2.05) is 7.05 Å². The molecule has 3 rings (SSSR count). The van der Waals surface area contributed by atoms with Gasteiger partial charge in [0.1, 0.15) is 0 Å². The Morgan fingerprint density at radius 3 is 2.79 bits per heavy atom. The van der Waals surface area contributed by atoms with Crippen molar-refractivity contribution in [3.8, 4) is 0 Å². The van der Waals surface area contributed by atoms with Crippen molar-refractivity contribution >= 4 is 5.96 Å². The number of benzene rings is 1. The first-order valence-corrected chi connectivity index (χ1v) is 10.7. The molecule has 2 N–H and O–H groups in total. The Bertz CT molecular complexity index is 608. The molecule has 2 fully saturated rings. The van der Waals surface area contributed by atoms with Crippen molar-refractivity contribution in [3.05, 3.63) is 35.4 Å². The van der Waals surface area contributed by atoms with Gasteiger partial charge >= 0.3 is 0 Å². The van der Waals surface area contributed by atoms with E-state index in [0.717, 1.165) is 64.4 Å². The normalized spacial score (nSPS) is 21.8. The molecule has 0 aliphatic carbocycles. The summed E-state index contributed by atoms with van der Waals surface area (Å²) in [7, 11) is 1.83. The number of guanidine groups is 1. The lowest BCUT2D eigenvalue weighted by Crippen LogP contribution is -2.49. The zero-order chi connectivity index (χ0) is 19.6. The van der Waals surface area contributed by atoms with Crippen LogP contribution >= 0.6 is 0 Å². The zero-order valence-corrected chi connectivity index (χ0v) is 17.5. The molecule has 1 atom stereocenters. The highest BCUT2D eigenvalue weighted by molar-refractivity contribution is 5.79. The maximum atomic E-state index is 5.71. The Morgan fingerprint density at radius 1 is 1.25 bits per heavy atom. The van der Waals surface area contributed by atoms with Crippen LogP contribution in [0.25, 0.3) is 0 Å². The predicted octanol–water partition coefficient (Wildman–Crippen LogP) is 2.32. The molecule has 2 saturated heterocycles. The van der Waals surface area contributed by atoms with Gasteiger partial charge in [0.05, 0.1) is 19.3 Å². The largest absolute Gasteiger partial charge is 0.377 e. The van der Waals surface area contributed by atoms with Crippen molar-refractivity contribution in [1.82, 2.24) is 15.5 Å². The van der Waals surface area contributed by atoms with Crippen LogP contribution in [0.3, 0.4) is 0 Å². The first kappa shape index (κ1) is 21.1. The zero-order valence-electron chi connectivity index (χ0n) is 17.5. The number of likely N-dealkylation sites (tertiary alicyclic amines) is 1. The molecule has 0 radical (unpaired) electrons. The first-order valence-electron chi connectivity index (χ1n) is 10.7. The van der Waals surface area contributed by atoms with Crippen molar-refractivity contribution in [1.29, 1.82) is 0 Å². The quantitative estimate of drug-likeness (QED) is 0.407. The number of aliphatic imine (C=N–C) groups is 1. The number of hydrogen-bond acceptors (Lipinski definition) is 4. The van der Waals surface area contributed by atoms with Crippen LogP contribution in [0.2, 0.25) is 0 Å². The molecule has 2 aliphatic rings. The summed E-state index contributed by atoms with van der Waals surface area (Å²) < 4.78 is 11.3. The van der Waals surface area contributed by atoms with Crippen LogP contribution in [0.5, 0.6) is 0 Å². The van der Waals surface area contributed by atoms with Gasteiger partial charge in [0.2, 0.25) is 0 Å². The van der Waals surface area contributed by atoms with E-state index in [9.17, 15) is 0 Å². The number of nitrogens with zero attached hydrogens (tertiary/aromatic N) is 2. The lowest BCUT2D eigenvalue weighted by Gasteiger charge is -2.33. The molecule has 1 aromatic carbocycles. The number of piperidine rings is 1. The molecule has 6 nitrogen and oxygen atoms in total. The molecule has 2 aliphatic heterocycles. The summed E-state index contributed by atoms with van der Waals surface area (Å²) in [5, 5.41) is 6.93. The van der Waals surface area contributed by atoms with Crippen molar-refractivity contribution < 1.29 is 9.47 Å². The Morgan fingerprint density at radius 2 is 2.07 bits per heavy atom. The van der Waals surface area contributed by atoms with Crippen molar-refractivity contribution in [2.45, 2.75) is 51.3 Å². The lowest BCUT2D eigenvalue weighted by atomic mass is 10.0. The molecule has 0 spiro atoms. The summed E-state index contributed by atoms with van der Waals surface area (Å²) in [6.07, 6.45) is 4.86. The molecule has 28 heavy (non-hydrogen) atoms. The highest BCUT2D eigenvalue weighted by Crippen LogP contribution is 2.16. The fraction of sp³-hybridized carbons (Fsp3) is 0.682. The van der Waals surface area contributed by atoms with Gasteiger partial charge in [0.15, 0.2) is 5.96 Å². The summed E-state index contributed by atoms with van der Waals surface area (Å²) in [6.45, 7) is 8.51. The molecular formula is C22H36N4O2. The van der Waals surface area contributed by atoms with Gasteiger partial charge in [-0.05, 0) is 43.7 Å². The van der Waals surface area contributed by atoms with Gasteiger partial charge in [0.25, 0.3) is 0 Å². The van der Waals surface area contributed by atoms with Crippen LogP contribution in [0, 0.1) is 6.92 Å². The summed E-state index contributed by atoms with van der Waals surface area (Å²) in [5.74, 6) is 0.873. The third kappa shape index (κ3) is 6.76. The lowest BCUT2D eigenvalue weighted by molar-refractivity contribution is 0.0191. The summed E-state index contributed by atoms with van der Waals surface area (Å²) in [4.78, 5) is 6.91. The highest BCUT2D eigenvalue weighted by atomic mass is 16.5. The smallest absolute Gasteiger partial charge is 0.191 e. The third-order valence-corrected chi connectivity index (χ3v) is 5.67. The predicted molar refractivity (Wildman–Crippen MR) is 114 cm³/mol. The average molecular weight is 389 g/mol. The van der Waals surface area contributed by atoms with E-state index >= 15 is 0 Å². The highest BCUT2D eigenvalue weighted by Gasteiger charge is 2.20. The summed E-state index contributed by atoms with van der Waals surface area (Å²) in [5.41, 5.74) is 2.82. The molecule has 1 unspecified atom stereocenters. The number of rotatable bonds is 8. The van der Waals surface area contributed by atoms with E-state index in [2.05, 4.69) is 51.7 Å². The first-order chi connectivity index (χ1) is 13.7. The minimum atomic E-state index is 0.294. The van der Waals surface area contributed by atoms with Crippen LogP contribution in [0.15, 0.2) is 29.3 Å². The fourth-order valence-corrected chi connectivity index (χ4v) is 3.88. The van der Waals surface area contributed by atoms with E-state index < -0.39 is 0 Å². The Balaban J connectivity index is 1.29. The Kier molecular flexibility index (Phi) is 8.58. The summed E-state index contributed by atoms with van der Waals surface area (Å²) in [6, 6.07) is 9.17. The monoisotopic (exact) mass is 388 g/mol. The van der Waals surface area contributed by atoms with E-state index in [-0.39, 0.29) is 0 Å². The second-order valence-electron chi connectivity index (χ2n) is 7.83. The fourth-order valence-electron chi connectivity index (χ4n) is 3.88. The standard InChI is InChI=1S/C22H36N4O2/c1-18-6-3-4-7-19(18)16-26-12-9-20(10-13-26)25-22(23-2)24-11-15-27-17-21-8-5-14-28-21/h3-4,6-7,20-21H,5,8-17H2,1-2H3,(H2,23,24,25). The number of nitrogens with one attached hydrogen (secondary N) is 2. The molecule has 6 heteroatoms. The van der Waals surface area contributed by atoms with E-state index in [0.29, 0.717) is 25.4 Å². The molecule has 0 aromatic heterocycles. The molecule has 1 aromatic rings. The number of hydrogen-bond donors (Lipinski definition) is 2. The Labute approximate surface area is 169 Å². The van der Waals surface area contributed by atoms with Gasteiger partial charge in [-0.2, -0.15) is 0 Å². The maximum absolute atomic E-state index is 5.71. The minimum Gasteiger partial charge on any atom is -0.377 e. The van der Waals surface area contributed by atoms with Gasteiger partial charge in [0, 0.05) is 45.9 Å². The molecule has 0 bridgehead atoms. The van der Waals surface area contributed by atoms with Crippen LogP contribution < -0.4 is 10.6 Å². The second-order valence-corrected chi connectivity index (χ2v) is 7.83. The van der Waals surface area contributed by atoms with Crippen LogP contribution in [-0.4, -0.2) is 69.5 Å². The molecule has 0 amide bonds. The number of aryl methyl sites for hydroxylation is 1. The third-order valence-electron chi connectivity index (χ3n) is 5.67. The van der Waals surface area contributed by atoms with Gasteiger partial charge < -0.3 is 20.1 Å². The SMILES string of the molecule is CN=C(NCCOCC1CCCO1)NC1CCN(Cc2ccccc2C)CC1.